The molecule has 27 heavy (non-hydrogen) atoms. The summed E-state index contributed by atoms with van der Waals surface area (Å²) in [5.74, 6) is -1.77. The standard InChI is InChI=1S/C19H14ClF4NO2/c1-9(2)16-12-8-11(4-5-15(12)25(3)18(16)26)27-17-13(20)6-10(7-14(17)21)19(22,23)24/h4-8H,1-3H3. The number of halogens is 5. The highest BCUT2D eigenvalue weighted by molar-refractivity contribution is 6.33. The van der Waals surface area contributed by atoms with Crippen LogP contribution in [0.3, 0.4) is 0 Å². The molecule has 1 aliphatic heterocycles. The quantitative estimate of drug-likeness (QED) is 0.453. The fourth-order valence-corrected chi connectivity index (χ4v) is 3.13. The summed E-state index contributed by atoms with van der Waals surface area (Å²) in [7, 11) is 1.63. The molecule has 0 saturated carbocycles. The second-order valence-corrected chi connectivity index (χ2v) is 6.69. The minimum Gasteiger partial charge on any atom is -0.453 e. The van der Waals surface area contributed by atoms with Gasteiger partial charge in [-0.05, 0) is 44.2 Å². The van der Waals surface area contributed by atoms with Crippen LogP contribution in [0.25, 0.3) is 5.57 Å². The number of hydrogen-bond acceptors (Lipinski definition) is 2. The molecule has 0 fully saturated rings. The van der Waals surface area contributed by atoms with Gasteiger partial charge in [-0.2, -0.15) is 13.2 Å². The van der Waals surface area contributed by atoms with E-state index in [-0.39, 0.29) is 11.7 Å². The zero-order valence-electron chi connectivity index (χ0n) is 14.5. The van der Waals surface area contributed by atoms with Gasteiger partial charge in [-0.3, -0.25) is 4.79 Å². The molecule has 0 bridgehead atoms. The first-order valence-corrected chi connectivity index (χ1v) is 8.22. The number of benzene rings is 2. The van der Waals surface area contributed by atoms with Crippen molar-refractivity contribution >= 4 is 28.8 Å². The summed E-state index contributed by atoms with van der Waals surface area (Å²) in [5.41, 5.74) is 1.34. The summed E-state index contributed by atoms with van der Waals surface area (Å²) in [5, 5.41) is -0.501. The third-order valence-corrected chi connectivity index (χ3v) is 4.44. The minimum atomic E-state index is -4.72. The lowest BCUT2D eigenvalue weighted by Crippen LogP contribution is -2.20. The Labute approximate surface area is 157 Å². The maximum absolute atomic E-state index is 14.1. The summed E-state index contributed by atoms with van der Waals surface area (Å²) in [6.07, 6.45) is -4.72. The smallest absolute Gasteiger partial charge is 0.416 e. The van der Waals surface area contributed by atoms with E-state index in [2.05, 4.69) is 0 Å². The fraction of sp³-hybridized carbons (Fsp3) is 0.211. The van der Waals surface area contributed by atoms with Crippen molar-refractivity contribution < 1.29 is 27.1 Å². The van der Waals surface area contributed by atoms with Gasteiger partial charge >= 0.3 is 6.18 Å². The topological polar surface area (TPSA) is 29.5 Å². The number of alkyl halides is 3. The van der Waals surface area contributed by atoms with Crippen LogP contribution in [0.4, 0.5) is 23.2 Å². The Kier molecular flexibility index (Phi) is 4.67. The number of likely N-dealkylation sites (N-methyl/N-ethyl adjacent to an activating group) is 1. The van der Waals surface area contributed by atoms with Crippen molar-refractivity contribution in [3.05, 3.63) is 57.9 Å². The number of amides is 1. The molecule has 0 radical (unpaired) electrons. The molecule has 0 atom stereocenters. The molecule has 0 unspecified atom stereocenters. The van der Waals surface area contributed by atoms with E-state index in [1.165, 1.54) is 17.0 Å². The molecule has 0 spiro atoms. The predicted molar refractivity (Wildman–Crippen MR) is 94.6 cm³/mol. The molecule has 3 rings (SSSR count). The SMILES string of the molecule is CC(C)=C1C(=O)N(C)c2ccc(Oc3c(F)cc(C(F)(F)F)cc3Cl)cc21. The number of carbonyl (C=O) groups is 1. The maximum Gasteiger partial charge on any atom is 0.416 e. The Hall–Kier alpha value is -2.54. The predicted octanol–water partition coefficient (Wildman–Crippen LogP) is 6.06. The van der Waals surface area contributed by atoms with Crippen LogP contribution in [0.5, 0.6) is 11.5 Å². The van der Waals surface area contributed by atoms with E-state index in [0.717, 1.165) is 5.57 Å². The lowest BCUT2D eigenvalue weighted by molar-refractivity contribution is -0.137. The van der Waals surface area contributed by atoms with Crippen molar-refractivity contribution in [3.8, 4) is 11.5 Å². The molecule has 2 aromatic carbocycles. The van der Waals surface area contributed by atoms with E-state index in [0.29, 0.717) is 29.0 Å². The van der Waals surface area contributed by atoms with Gasteiger partial charge in [-0.25, -0.2) is 4.39 Å². The highest BCUT2D eigenvalue weighted by Gasteiger charge is 2.33. The van der Waals surface area contributed by atoms with Crippen molar-refractivity contribution in [2.75, 3.05) is 11.9 Å². The van der Waals surface area contributed by atoms with Gasteiger partial charge in [0.1, 0.15) is 5.75 Å². The number of anilines is 1. The summed E-state index contributed by atoms with van der Waals surface area (Å²) in [6.45, 7) is 3.58. The van der Waals surface area contributed by atoms with Crippen molar-refractivity contribution in [1.29, 1.82) is 0 Å². The number of carbonyl (C=O) groups excluding carboxylic acids is 1. The van der Waals surface area contributed by atoms with E-state index in [1.54, 1.807) is 27.0 Å². The van der Waals surface area contributed by atoms with Crippen LogP contribution < -0.4 is 9.64 Å². The highest BCUT2D eigenvalue weighted by Crippen LogP contribution is 2.42. The Balaban J connectivity index is 2.02. The molecule has 142 valence electrons. The summed E-state index contributed by atoms with van der Waals surface area (Å²) in [6, 6.07) is 5.57. The molecular weight excluding hydrogens is 386 g/mol. The molecule has 3 nitrogen and oxygen atoms in total. The highest BCUT2D eigenvalue weighted by atomic mass is 35.5. The molecular formula is C19H14ClF4NO2. The second kappa shape index (κ2) is 6.56. The second-order valence-electron chi connectivity index (χ2n) is 6.29. The van der Waals surface area contributed by atoms with E-state index < -0.39 is 28.3 Å². The first kappa shape index (κ1) is 19.2. The van der Waals surface area contributed by atoms with Gasteiger partial charge in [0.05, 0.1) is 16.3 Å². The Morgan fingerprint density at radius 2 is 1.81 bits per heavy atom. The van der Waals surface area contributed by atoms with Crippen LogP contribution >= 0.6 is 11.6 Å². The fourth-order valence-electron chi connectivity index (χ4n) is 2.89. The number of rotatable bonds is 2. The normalized spacial score (nSPS) is 13.9. The minimum absolute atomic E-state index is 0.149. The molecule has 2 aromatic rings. The number of hydrogen-bond donors (Lipinski definition) is 0. The van der Waals surface area contributed by atoms with Gasteiger partial charge in [0.2, 0.25) is 0 Å². The number of nitrogens with zero attached hydrogens (tertiary/aromatic N) is 1. The van der Waals surface area contributed by atoms with Crippen molar-refractivity contribution in [1.82, 2.24) is 0 Å². The van der Waals surface area contributed by atoms with E-state index >= 15 is 0 Å². The van der Waals surface area contributed by atoms with Crippen LogP contribution in [0.1, 0.15) is 25.0 Å². The van der Waals surface area contributed by atoms with Crippen LogP contribution in [0.15, 0.2) is 35.9 Å². The number of allylic oxidation sites excluding steroid dienone is 1. The van der Waals surface area contributed by atoms with Crippen molar-refractivity contribution in [2.45, 2.75) is 20.0 Å². The molecule has 1 aliphatic rings. The van der Waals surface area contributed by atoms with Gasteiger partial charge in [0.15, 0.2) is 11.6 Å². The number of fused-ring (bicyclic) bond motifs is 1. The molecule has 0 saturated heterocycles. The molecule has 0 N–H and O–H groups in total. The molecule has 1 amide bonds. The van der Waals surface area contributed by atoms with Crippen LogP contribution in [0, 0.1) is 5.82 Å². The summed E-state index contributed by atoms with van der Waals surface area (Å²) >= 11 is 5.80. The van der Waals surface area contributed by atoms with Crippen LogP contribution in [0.2, 0.25) is 5.02 Å². The Bertz CT molecular complexity index is 955. The Morgan fingerprint density at radius 3 is 2.37 bits per heavy atom. The largest absolute Gasteiger partial charge is 0.453 e. The van der Waals surface area contributed by atoms with Gasteiger partial charge in [0.25, 0.3) is 5.91 Å². The van der Waals surface area contributed by atoms with Gasteiger partial charge in [-0.15, -0.1) is 0 Å². The molecule has 8 heteroatoms. The van der Waals surface area contributed by atoms with Crippen LogP contribution in [-0.2, 0) is 11.0 Å². The third kappa shape index (κ3) is 3.39. The zero-order chi connectivity index (χ0) is 20.1. The van der Waals surface area contributed by atoms with Gasteiger partial charge in [-0.1, -0.05) is 17.2 Å². The van der Waals surface area contributed by atoms with E-state index in [9.17, 15) is 22.4 Å². The van der Waals surface area contributed by atoms with E-state index in [1.807, 2.05) is 0 Å². The zero-order valence-corrected chi connectivity index (χ0v) is 15.3. The average Bonchev–Trinajstić information content (AvgIpc) is 2.80. The summed E-state index contributed by atoms with van der Waals surface area (Å²) < 4.78 is 57.8. The number of ether oxygens (including phenoxy) is 1. The monoisotopic (exact) mass is 399 g/mol. The van der Waals surface area contributed by atoms with Gasteiger partial charge in [0, 0.05) is 18.2 Å². The maximum atomic E-state index is 14.1. The molecule has 0 aromatic heterocycles. The molecule has 0 aliphatic carbocycles. The first-order chi connectivity index (χ1) is 12.5. The van der Waals surface area contributed by atoms with Crippen molar-refractivity contribution in [2.24, 2.45) is 0 Å². The lowest BCUT2D eigenvalue weighted by atomic mass is 10.0. The molecule has 1 heterocycles. The van der Waals surface area contributed by atoms with Crippen LogP contribution in [-0.4, -0.2) is 13.0 Å². The Morgan fingerprint density at radius 1 is 1.15 bits per heavy atom. The van der Waals surface area contributed by atoms with E-state index in [4.69, 9.17) is 16.3 Å². The summed E-state index contributed by atoms with van der Waals surface area (Å²) in [4.78, 5) is 13.8. The first-order valence-electron chi connectivity index (χ1n) is 7.84. The average molecular weight is 400 g/mol. The van der Waals surface area contributed by atoms with Gasteiger partial charge < -0.3 is 9.64 Å². The lowest BCUT2D eigenvalue weighted by Gasteiger charge is -2.14. The van der Waals surface area contributed by atoms with Crippen molar-refractivity contribution in [3.63, 3.8) is 0 Å². The third-order valence-electron chi connectivity index (χ3n) is 4.16.